The van der Waals surface area contributed by atoms with Crippen molar-refractivity contribution in [3.8, 4) is 0 Å². The van der Waals surface area contributed by atoms with Crippen LogP contribution in [-0.4, -0.2) is 22.9 Å². The van der Waals surface area contributed by atoms with E-state index >= 15 is 0 Å². The molecule has 96 valence electrons. The Morgan fingerprint density at radius 2 is 1.95 bits per heavy atom. The average molecular weight is 254 g/mol. The summed E-state index contributed by atoms with van der Waals surface area (Å²) in [6, 6.07) is 8.04. The Labute approximate surface area is 111 Å². The predicted molar refractivity (Wildman–Crippen MR) is 73.6 cm³/mol. The molecule has 2 heterocycles. The predicted octanol–water partition coefficient (Wildman–Crippen LogP) is 2.05. The minimum atomic E-state index is 0.0439. The van der Waals surface area contributed by atoms with E-state index < -0.39 is 0 Å². The minimum absolute atomic E-state index is 0.0439. The molecule has 5 nitrogen and oxygen atoms in total. The highest BCUT2D eigenvalue weighted by molar-refractivity contribution is 6.01. The summed E-state index contributed by atoms with van der Waals surface area (Å²) in [6.07, 6.45) is 1.82. The van der Waals surface area contributed by atoms with Crippen LogP contribution in [0.1, 0.15) is 11.1 Å². The summed E-state index contributed by atoms with van der Waals surface area (Å²) < 4.78 is 0. The zero-order chi connectivity index (χ0) is 13.4. The first kappa shape index (κ1) is 11.6. The van der Waals surface area contributed by atoms with Crippen LogP contribution in [0.15, 0.2) is 30.6 Å². The van der Waals surface area contributed by atoms with Crippen molar-refractivity contribution in [3.05, 3.63) is 41.7 Å². The lowest BCUT2D eigenvalue weighted by atomic mass is 10.2. The number of rotatable bonds is 2. The highest BCUT2D eigenvalue weighted by atomic mass is 16.2. The van der Waals surface area contributed by atoms with E-state index in [2.05, 4.69) is 15.3 Å². The Morgan fingerprint density at radius 3 is 2.68 bits per heavy atom. The lowest BCUT2D eigenvalue weighted by molar-refractivity contribution is -0.117. The molecule has 1 aliphatic rings. The molecule has 0 fully saturated rings. The van der Waals surface area contributed by atoms with Crippen molar-refractivity contribution in [1.82, 2.24) is 9.97 Å². The molecule has 0 spiro atoms. The molecule has 1 amide bonds. The fourth-order valence-corrected chi connectivity index (χ4v) is 2.12. The summed E-state index contributed by atoms with van der Waals surface area (Å²) in [5, 5.41) is 3.24. The molecular formula is C14H14N4O. The van der Waals surface area contributed by atoms with Gasteiger partial charge in [-0.1, -0.05) is 17.7 Å². The maximum Gasteiger partial charge on any atom is 0.232 e. The van der Waals surface area contributed by atoms with Crippen molar-refractivity contribution in [3.63, 3.8) is 0 Å². The number of carbonyl (C=O) groups excluding carboxylic acids is 1. The first-order valence-corrected chi connectivity index (χ1v) is 6.09. The van der Waals surface area contributed by atoms with Gasteiger partial charge < -0.3 is 5.32 Å². The summed E-state index contributed by atoms with van der Waals surface area (Å²) in [5.74, 6) is 1.43. The van der Waals surface area contributed by atoms with Crippen LogP contribution in [0.4, 0.5) is 17.3 Å². The molecule has 0 radical (unpaired) electrons. The molecule has 2 aromatic rings. The summed E-state index contributed by atoms with van der Waals surface area (Å²) in [4.78, 5) is 21.7. The first-order valence-electron chi connectivity index (χ1n) is 6.09. The molecule has 1 aromatic heterocycles. The first-order chi connectivity index (χ1) is 9.15. The monoisotopic (exact) mass is 254 g/mol. The molecule has 0 unspecified atom stereocenters. The normalized spacial score (nSPS) is 13.6. The molecule has 1 N–H and O–H groups in total. The molecule has 1 aromatic carbocycles. The van der Waals surface area contributed by atoms with Crippen molar-refractivity contribution < 1.29 is 4.79 Å². The third kappa shape index (κ3) is 2.03. The highest BCUT2D eigenvalue weighted by Gasteiger charge is 2.28. The second-order valence-corrected chi connectivity index (χ2v) is 4.64. The smallest absolute Gasteiger partial charge is 0.232 e. The fraction of sp³-hybridized carbons (Fsp3) is 0.214. The minimum Gasteiger partial charge on any atom is -0.340 e. The summed E-state index contributed by atoms with van der Waals surface area (Å²) in [6.45, 7) is 2.04. The Balaban J connectivity index is 1.95. The molecule has 0 saturated heterocycles. The van der Waals surface area contributed by atoms with Gasteiger partial charge >= 0.3 is 0 Å². The maximum atomic E-state index is 11.7. The standard InChI is InChI=1S/C14H14N4O/c1-9-3-5-10(6-4-9)17-13-11-7-12(19)18(2)14(11)16-8-15-13/h3-6,8H,7H2,1-2H3,(H,15,16,17). The molecule has 5 heteroatoms. The fourth-order valence-electron chi connectivity index (χ4n) is 2.12. The van der Waals surface area contributed by atoms with Crippen molar-refractivity contribution >= 4 is 23.2 Å². The van der Waals surface area contributed by atoms with E-state index in [1.54, 1.807) is 11.9 Å². The number of benzene rings is 1. The third-order valence-electron chi connectivity index (χ3n) is 3.26. The quantitative estimate of drug-likeness (QED) is 0.891. The van der Waals surface area contributed by atoms with Gasteiger partial charge in [-0.25, -0.2) is 9.97 Å². The lowest BCUT2D eigenvalue weighted by Crippen LogP contribution is -2.21. The summed E-state index contributed by atoms with van der Waals surface area (Å²) >= 11 is 0. The van der Waals surface area contributed by atoms with Crippen LogP contribution in [0, 0.1) is 6.92 Å². The van der Waals surface area contributed by atoms with Crippen LogP contribution in [-0.2, 0) is 11.2 Å². The van der Waals surface area contributed by atoms with E-state index in [1.165, 1.54) is 11.9 Å². The van der Waals surface area contributed by atoms with Gasteiger partial charge in [-0.3, -0.25) is 9.69 Å². The highest BCUT2D eigenvalue weighted by Crippen LogP contribution is 2.31. The van der Waals surface area contributed by atoms with E-state index in [0.29, 0.717) is 18.1 Å². The van der Waals surface area contributed by atoms with Crippen LogP contribution >= 0.6 is 0 Å². The van der Waals surface area contributed by atoms with Crippen molar-refractivity contribution in [2.45, 2.75) is 13.3 Å². The van der Waals surface area contributed by atoms with Crippen LogP contribution in [0.25, 0.3) is 0 Å². The second-order valence-electron chi connectivity index (χ2n) is 4.64. The number of hydrogen-bond acceptors (Lipinski definition) is 4. The van der Waals surface area contributed by atoms with Gasteiger partial charge in [0.1, 0.15) is 18.0 Å². The molecule has 0 bridgehead atoms. The van der Waals surface area contributed by atoms with Gasteiger partial charge in [0.05, 0.1) is 6.42 Å². The summed E-state index contributed by atoms with van der Waals surface area (Å²) in [7, 11) is 1.73. The zero-order valence-electron chi connectivity index (χ0n) is 10.8. The molecular weight excluding hydrogens is 240 g/mol. The molecule has 19 heavy (non-hydrogen) atoms. The number of aromatic nitrogens is 2. The third-order valence-corrected chi connectivity index (χ3v) is 3.26. The van der Waals surface area contributed by atoms with Gasteiger partial charge in [-0.2, -0.15) is 0 Å². The van der Waals surface area contributed by atoms with Crippen molar-refractivity contribution in [2.75, 3.05) is 17.3 Å². The maximum absolute atomic E-state index is 11.7. The number of nitrogens with one attached hydrogen (secondary N) is 1. The zero-order valence-corrected chi connectivity index (χ0v) is 10.8. The van der Waals surface area contributed by atoms with Gasteiger partial charge in [-0.05, 0) is 19.1 Å². The van der Waals surface area contributed by atoms with E-state index in [9.17, 15) is 4.79 Å². The van der Waals surface area contributed by atoms with Crippen LogP contribution in [0.5, 0.6) is 0 Å². The SMILES string of the molecule is Cc1ccc(Nc2ncnc3c2CC(=O)N3C)cc1. The van der Waals surface area contributed by atoms with Gasteiger partial charge in [0, 0.05) is 18.3 Å². The number of carbonyl (C=O) groups is 1. The van der Waals surface area contributed by atoms with Gasteiger partial charge in [0.25, 0.3) is 0 Å². The number of fused-ring (bicyclic) bond motifs is 1. The van der Waals surface area contributed by atoms with Crippen LogP contribution in [0.3, 0.4) is 0 Å². The Hall–Kier alpha value is -2.43. The number of aryl methyl sites for hydroxylation is 1. The lowest BCUT2D eigenvalue weighted by Gasteiger charge is -2.11. The van der Waals surface area contributed by atoms with Crippen molar-refractivity contribution in [1.29, 1.82) is 0 Å². The van der Waals surface area contributed by atoms with E-state index in [0.717, 1.165) is 11.3 Å². The van der Waals surface area contributed by atoms with Gasteiger partial charge in [0.2, 0.25) is 5.91 Å². The second kappa shape index (κ2) is 4.35. The number of likely N-dealkylation sites (N-methyl/N-ethyl adjacent to an activating group) is 1. The summed E-state index contributed by atoms with van der Waals surface area (Å²) in [5.41, 5.74) is 3.01. The molecule has 1 aliphatic heterocycles. The Bertz CT molecular complexity index is 636. The van der Waals surface area contributed by atoms with Gasteiger partial charge in [0.15, 0.2) is 0 Å². The van der Waals surface area contributed by atoms with E-state index in [1.807, 2.05) is 31.2 Å². The molecule has 0 atom stereocenters. The number of amides is 1. The van der Waals surface area contributed by atoms with Crippen LogP contribution < -0.4 is 10.2 Å². The largest absolute Gasteiger partial charge is 0.340 e. The average Bonchev–Trinajstić information content (AvgIpc) is 2.70. The number of anilines is 3. The van der Waals surface area contributed by atoms with E-state index in [-0.39, 0.29) is 5.91 Å². The number of hydrogen-bond donors (Lipinski definition) is 1. The Kier molecular flexibility index (Phi) is 2.67. The molecule has 3 rings (SSSR count). The number of nitrogens with zero attached hydrogens (tertiary/aromatic N) is 3. The van der Waals surface area contributed by atoms with E-state index in [4.69, 9.17) is 0 Å². The molecule has 0 aliphatic carbocycles. The van der Waals surface area contributed by atoms with Crippen LogP contribution in [0.2, 0.25) is 0 Å². The van der Waals surface area contributed by atoms with Crippen molar-refractivity contribution in [2.24, 2.45) is 0 Å². The Morgan fingerprint density at radius 1 is 1.21 bits per heavy atom. The molecule has 0 saturated carbocycles. The topological polar surface area (TPSA) is 58.1 Å². The van der Waals surface area contributed by atoms with Gasteiger partial charge in [-0.15, -0.1) is 0 Å².